The average molecular weight is 192 g/mol. The van der Waals surface area contributed by atoms with Crippen LogP contribution in [-0.4, -0.2) is 10.1 Å². The van der Waals surface area contributed by atoms with Crippen LogP contribution in [-0.2, 0) is 13.0 Å². The summed E-state index contributed by atoms with van der Waals surface area (Å²) in [5.74, 6) is 1.82. The maximum Gasteiger partial charge on any atom is 0.240 e. The Morgan fingerprint density at radius 3 is 2.58 bits per heavy atom. The summed E-state index contributed by atoms with van der Waals surface area (Å²) < 4.78 is 4.83. The number of aromatic nitrogens is 2. The van der Waals surface area contributed by atoms with Gasteiger partial charge in [0.1, 0.15) is 0 Å². The molecule has 0 bridgehead atoms. The van der Waals surface area contributed by atoms with E-state index in [1.165, 1.54) is 0 Å². The van der Waals surface area contributed by atoms with Crippen LogP contribution in [0.2, 0.25) is 0 Å². The quantitative estimate of drug-likeness (QED) is 0.779. The Morgan fingerprint density at radius 2 is 2.17 bits per heavy atom. The van der Waals surface area contributed by atoms with Crippen molar-refractivity contribution in [1.82, 2.24) is 10.1 Å². The summed E-state index contributed by atoms with van der Waals surface area (Å²) >= 11 is 0. The van der Waals surface area contributed by atoms with Gasteiger partial charge in [0.2, 0.25) is 5.89 Å². The Morgan fingerprint density at radius 1 is 1.50 bits per heavy atom. The van der Waals surface area contributed by atoms with E-state index >= 15 is 0 Å². The first-order valence-electron chi connectivity index (χ1n) is 3.74. The Balaban J connectivity index is 0.00000121. The van der Waals surface area contributed by atoms with Gasteiger partial charge in [-0.1, -0.05) is 19.0 Å². The van der Waals surface area contributed by atoms with Crippen LogP contribution in [0.5, 0.6) is 0 Å². The van der Waals surface area contributed by atoms with E-state index in [1.54, 1.807) is 0 Å². The Kier molecular flexibility index (Phi) is 4.85. The van der Waals surface area contributed by atoms with Gasteiger partial charge in [0, 0.05) is 6.42 Å². The van der Waals surface area contributed by atoms with Crippen LogP contribution in [0, 0.1) is 5.92 Å². The highest BCUT2D eigenvalue weighted by Crippen LogP contribution is 2.03. The molecule has 4 nitrogen and oxygen atoms in total. The molecule has 0 spiro atoms. The summed E-state index contributed by atoms with van der Waals surface area (Å²) in [6, 6.07) is 0. The molecule has 0 aromatic carbocycles. The van der Waals surface area contributed by atoms with Crippen LogP contribution < -0.4 is 5.73 Å². The number of halogens is 1. The molecular formula is C7H14ClN3O. The average Bonchev–Trinajstić information content (AvgIpc) is 2.34. The minimum Gasteiger partial charge on any atom is -0.338 e. The van der Waals surface area contributed by atoms with Gasteiger partial charge in [-0.3, -0.25) is 0 Å². The molecule has 1 aromatic rings. The molecule has 12 heavy (non-hydrogen) atoms. The fourth-order valence-electron chi connectivity index (χ4n) is 0.821. The van der Waals surface area contributed by atoms with E-state index < -0.39 is 0 Å². The van der Waals surface area contributed by atoms with Crippen molar-refractivity contribution in [3.8, 4) is 0 Å². The minimum absolute atomic E-state index is 0. The van der Waals surface area contributed by atoms with Crippen LogP contribution in [0.15, 0.2) is 4.52 Å². The van der Waals surface area contributed by atoms with Gasteiger partial charge in [-0.2, -0.15) is 4.98 Å². The van der Waals surface area contributed by atoms with Gasteiger partial charge >= 0.3 is 0 Å². The first-order chi connectivity index (χ1) is 5.22. The molecule has 2 N–H and O–H groups in total. The molecule has 0 radical (unpaired) electrons. The van der Waals surface area contributed by atoms with E-state index in [9.17, 15) is 0 Å². The van der Waals surface area contributed by atoms with Gasteiger partial charge in [0.15, 0.2) is 5.82 Å². The SMILES string of the molecule is CC(C)Cc1noc(CN)n1.Cl. The second-order valence-electron chi connectivity index (χ2n) is 2.91. The van der Waals surface area contributed by atoms with E-state index in [0.717, 1.165) is 12.2 Å². The van der Waals surface area contributed by atoms with Gasteiger partial charge in [0.25, 0.3) is 0 Å². The smallest absolute Gasteiger partial charge is 0.240 e. The van der Waals surface area contributed by atoms with Crippen molar-refractivity contribution >= 4 is 12.4 Å². The Labute approximate surface area is 77.9 Å². The van der Waals surface area contributed by atoms with Gasteiger partial charge in [-0.25, -0.2) is 0 Å². The van der Waals surface area contributed by atoms with Crippen molar-refractivity contribution in [3.63, 3.8) is 0 Å². The van der Waals surface area contributed by atoms with Crippen LogP contribution >= 0.6 is 12.4 Å². The highest BCUT2D eigenvalue weighted by molar-refractivity contribution is 5.85. The fourth-order valence-corrected chi connectivity index (χ4v) is 0.821. The topological polar surface area (TPSA) is 64.9 Å². The van der Waals surface area contributed by atoms with E-state index in [1.807, 2.05) is 0 Å². The lowest BCUT2D eigenvalue weighted by Gasteiger charge is -1.95. The van der Waals surface area contributed by atoms with Crippen molar-refractivity contribution in [2.24, 2.45) is 11.7 Å². The van der Waals surface area contributed by atoms with E-state index in [-0.39, 0.29) is 12.4 Å². The summed E-state index contributed by atoms with van der Waals surface area (Å²) in [7, 11) is 0. The predicted molar refractivity (Wildman–Crippen MR) is 48.0 cm³/mol. The number of nitrogens with two attached hydrogens (primary N) is 1. The summed E-state index contributed by atoms with van der Waals surface area (Å²) in [5.41, 5.74) is 5.30. The zero-order valence-electron chi connectivity index (χ0n) is 7.28. The zero-order chi connectivity index (χ0) is 8.27. The van der Waals surface area contributed by atoms with Crippen LogP contribution in [0.3, 0.4) is 0 Å². The molecule has 0 aliphatic heterocycles. The zero-order valence-corrected chi connectivity index (χ0v) is 8.10. The first kappa shape index (κ1) is 11.4. The Bertz CT molecular complexity index is 224. The highest BCUT2D eigenvalue weighted by atomic mass is 35.5. The number of hydrogen-bond donors (Lipinski definition) is 1. The summed E-state index contributed by atoms with van der Waals surface area (Å²) in [6.07, 6.45) is 0.851. The van der Waals surface area contributed by atoms with Gasteiger partial charge < -0.3 is 10.3 Å². The molecule has 1 heterocycles. The van der Waals surface area contributed by atoms with Crippen molar-refractivity contribution < 1.29 is 4.52 Å². The van der Waals surface area contributed by atoms with Crippen molar-refractivity contribution in [2.45, 2.75) is 26.8 Å². The molecule has 0 atom stereocenters. The first-order valence-corrected chi connectivity index (χ1v) is 3.74. The second kappa shape index (κ2) is 5.11. The lowest BCUT2D eigenvalue weighted by Crippen LogP contribution is -1.98. The van der Waals surface area contributed by atoms with Crippen molar-refractivity contribution in [3.05, 3.63) is 11.7 Å². The van der Waals surface area contributed by atoms with Gasteiger partial charge in [-0.05, 0) is 5.92 Å². The van der Waals surface area contributed by atoms with E-state index in [4.69, 9.17) is 10.3 Å². The molecule has 70 valence electrons. The van der Waals surface area contributed by atoms with Crippen molar-refractivity contribution in [1.29, 1.82) is 0 Å². The van der Waals surface area contributed by atoms with Crippen LogP contribution in [0.1, 0.15) is 25.6 Å². The molecule has 1 aromatic heterocycles. The summed E-state index contributed by atoms with van der Waals surface area (Å²) in [6.45, 7) is 4.54. The number of rotatable bonds is 3. The van der Waals surface area contributed by atoms with Crippen LogP contribution in [0.4, 0.5) is 0 Å². The molecular weight excluding hydrogens is 178 g/mol. The normalized spacial score (nSPS) is 10.0. The van der Waals surface area contributed by atoms with Crippen molar-refractivity contribution in [2.75, 3.05) is 0 Å². The monoisotopic (exact) mass is 191 g/mol. The standard InChI is InChI=1S/C7H13N3O.ClH/c1-5(2)3-6-9-7(4-8)11-10-6;/h5H,3-4,8H2,1-2H3;1H. The lowest BCUT2D eigenvalue weighted by molar-refractivity contribution is 0.372. The van der Waals surface area contributed by atoms with Gasteiger partial charge in [0.05, 0.1) is 6.54 Å². The molecule has 0 saturated heterocycles. The molecule has 0 aliphatic carbocycles. The molecule has 0 amide bonds. The number of hydrogen-bond acceptors (Lipinski definition) is 4. The largest absolute Gasteiger partial charge is 0.338 e. The van der Waals surface area contributed by atoms with E-state index in [0.29, 0.717) is 18.4 Å². The third-order valence-electron chi connectivity index (χ3n) is 1.28. The molecule has 0 unspecified atom stereocenters. The Hall–Kier alpha value is -0.610. The maximum atomic E-state index is 5.30. The fraction of sp³-hybridized carbons (Fsp3) is 0.714. The number of nitrogens with zero attached hydrogens (tertiary/aromatic N) is 2. The highest BCUT2D eigenvalue weighted by Gasteiger charge is 2.05. The molecule has 0 saturated carbocycles. The predicted octanol–water partition coefficient (Wildman–Crippen LogP) is 1.15. The molecule has 0 aliphatic rings. The van der Waals surface area contributed by atoms with Gasteiger partial charge in [-0.15, -0.1) is 12.4 Å². The third kappa shape index (κ3) is 3.19. The molecule has 0 fully saturated rings. The molecule has 1 rings (SSSR count). The third-order valence-corrected chi connectivity index (χ3v) is 1.28. The maximum absolute atomic E-state index is 5.30. The minimum atomic E-state index is 0. The lowest BCUT2D eigenvalue weighted by atomic mass is 10.1. The summed E-state index contributed by atoms with van der Waals surface area (Å²) in [5, 5.41) is 3.76. The molecule has 5 heteroatoms. The van der Waals surface area contributed by atoms with Crippen LogP contribution in [0.25, 0.3) is 0 Å². The second-order valence-corrected chi connectivity index (χ2v) is 2.91. The van der Waals surface area contributed by atoms with E-state index in [2.05, 4.69) is 24.0 Å². The summed E-state index contributed by atoms with van der Waals surface area (Å²) in [4.78, 5) is 4.07.